The Labute approximate surface area is 167 Å². The highest BCUT2D eigenvalue weighted by Crippen LogP contribution is 2.25. The van der Waals surface area contributed by atoms with E-state index in [0.717, 1.165) is 10.8 Å². The second-order valence-corrected chi connectivity index (χ2v) is 6.09. The number of fused-ring (bicyclic) bond motifs is 1. The van der Waals surface area contributed by atoms with Crippen molar-refractivity contribution in [2.75, 3.05) is 6.61 Å². The molecule has 0 fully saturated rings. The number of esters is 3. The number of carbonyl (C=O) groups is 3. The summed E-state index contributed by atoms with van der Waals surface area (Å²) in [6.07, 6.45) is -0.365. The molecular formula is C23H18O6. The molecule has 0 amide bonds. The zero-order chi connectivity index (χ0) is 20.6. The zero-order valence-electron chi connectivity index (χ0n) is 15.5. The fourth-order valence-corrected chi connectivity index (χ4v) is 2.57. The van der Waals surface area contributed by atoms with Crippen molar-refractivity contribution in [2.45, 2.75) is 6.42 Å². The Morgan fingerprint density at radius 2 is 1.45 bits per heavy atom. The van der Waals surface area contributed by atoms with Crippen molar-refractivity contribution in [1.82, 2.24) is 0 Å². The maximum atomic E-state index is 12.2. The van der Waals surface area contributed by atoms with Gasteiger partial charge in [0.2, 0.25) is 0 Å². The molecule has 0 N–H and O–H groups in total. The summed E-state index contributed by atoms with van der Waals surface area (Å²) in [6.45, 7) is 2.94. The van der Waals surface area contributed by atoms with E-state index in [1.165, 1.54) is 0 Å². The fourth-order valence-electron chi connectivity index (χ4n) is 2.57. The van der Waals surface area contributed by atoms with Crippen LogP contribution in [0.15, 0.2) is 84.9 Å². The highest BCUT2D eigenvalue weighted by atomic mass is 16.6. The Morgan fingerprint density at radius 3 is 2.24 bits per heavy atom. The van der Waals surface area contributed by atoms with E-state index in [1.807, 2.05) is 30.3 Å². The largest absolute Gasteiger partial charge is 0.450 e. The molecule has 146 valence electrons. The number of carbonyl (C=O) groups excluding carboxylic acids is 3. The minimum Gasteiger partial charge on any atom is -0.450 e. The van der Waals surface area contributed by atoms with Crippen LogP contribution in [0.25, 0.3) is 10.8 Å². The standard InChI is InChI=1S/C23H18O6/c1-16(23(26)27-15-22(25)28-18-10-3-2-4-11-18)14-21(24)29-20-13-7-9-17-8-5-6-12-19(17)20/h2-13H,1,14-15H2. The second kappa shape index (κ2) is 9.32. The smallest absolute Gasteiger partial charge is 0.349 e. The summed E-state index contributed by atoms with van der Waals surface area (Å²) in [5, 5.41) is 1.70. The van der Waals surface area contributed by atoms with Gasteiger partial charge in [0.1, 0.15) is 11.5 Å². The average molecular weight is 390 g/mol. The Balaban J connectivity index is 1.49. The van der Waals surface area contributed by atoms with Crippen LogP contribution in [0.1, 0.15) is 6.42 Å². The van der Waals surface area contributed by atoms with Gasteiger partial charge in [-0.1, -0.05) is 61.2 Å². The summed E-state index contributed by atoms with van der Waals surface area (Å²) >= 11 is 0. The maximum Gasteiger partial charge on any atom is 0.349 e. The minimum absolute atomic E-state index is 0.122. The van der Waals surface area contributed by atoms with E-state index in [2.05, 4.69) is 6.58 Å². The van der Waals surface area contributed by atoms with E-state index >= 15 is 0 Å². The third kappa shape index (κ3) is 5.52. The number of hydrogen-bond donors (Lipinski definition) is 0. The molecule has 0 bridgehead atoms. The van der Waals surface area contributed by atoms with E-state index in [0.29, 0.717) is 11.5 Å². The summed E-state index contributed by atoms with van der Waals surface area (Å²) < 4.78 is 15.2. The molecule has 0 aliphatic rings. The van der Waals surface area contributed by atoms with Gasteiger partial charge in [-0.2, -0.15) is 0 Å². The van der Waals surface area contributed by atoms with Crippen molar-refractivity contribution < 1.29 is 28.6 Å². The van der Waals surface area contributed by atoms with Gasteiger partial charge in [0.25, 0.3) is 0 Å². The molecular weight excluding hydrogens is 372 g/mol. The molecule has 0 heterocycles. The van der Waals surface area contributed by atoms with Crippen molar-refractivity contribution in [2.24, 2.45) is 0 Å². The van der Waals surface area contributed by atoms with Gasteiger partial charge in [-0.25, -0.2) is 9.59 Å². The van der Waals surface area contributed by atoms with Gasteiger partial charge in [-0.3, -0.25) is 4.79 Å². The molecule has 3 aromatic rings. The molecule has 3 rings (SSSR count). The normalized spacial score (nSPS) is 10.2. The van der Waals surface area contributed by atoms with Crippen LogP contribution in [-0.2, 0) is 19.1 Å². The molecule has 6 heteroatoms. The summed E-state index contributed by atoms with van der Waals surface area (Å²) in [7, 11) is 0. The molecule has 0 atom stereocenters. The summed E-state index contributed by atoms with van der Waals surface area (Å²) in [5.41, 5.74) is -0.122. The molecule has 0 aliphatic heterocycles. The lowest BCUT2D eigenvalue weighted by Crippen LogP contribution is -2.21. The van der Waals surface area contributed by atoms with E-state index in [4.69, 9.17) is 14.2 Å². The molecule has 0 aliphatic carbocycles. The van der Waals surface area contributed by atoms with Crippen LogP contribution in [0.3, 0.4) is 0 Å². The molecule has 0 saturated carbocycles. The van der Waals surface area contributed by atoms with Crippen molar-refractivity contribution in [1.29, 1.82) is 0 Å². The predicted octanol–water partition coefficient (Wildman–Crippen LogP) is 3.84. The number of ether oxygens (including phenoxy) is 3. The Hall–Kier alpha value is -3.93. The number of para-hydroxylation sites is 1. The van der Waals surface area contributed by atoms with Crippen molar-refractivity contribution in [3.63, 3.8) is 0 Å². The van der Waals surface area contributed by atoms with Gasteiger partial charge >= 0.3 is 17.9 Å². The van der Waals surface area contributed by atoms with Crippen LogP contribution in [-0.4, -0.2) is 24.5 Å². The average Bonchev–Trinajstić information content (AvgIpc) is 2.73. The molecule has 3 aromatic carbocycles. The highest BCUT2D eigenvalue weighted by Gasteiger charge is 2.17. The first-order chi connectivity index (χ1) is 14.0. The zero-order valence-corrected chi connectivity index (χ0v) is 15.5. The van der Waals surface area contributed by atoms with E-state index < -0.39 is 24.5 Å². The first-order valence-corrected chi connectivity index (χ1v) is 8.82. The van der Waals surface area contributed by atoms with Crippen LogP contribution in [0, 0.1) is 0 Å². The summed E-state index contributed by atoms with van der Waals surface area (Å²) in [6, 6.07) is 21.2. The van der Waals surface area contributed by atoms with Crippen LogP contribution in [0.4, 0.5) is 0 Å². The lowest BCUT2D eigenvalue weighted by atomic mass is 10.1. The first kappa shape index (κ1) is 19.8. The molecule has 0 unspecified atom stereocenters. The third-order valence-corrected chi connectivity index (χ3v) is 3.92. The van der Waals surface area contributed by atoms with E-state index in [-0.39, 0.29) is 12.0 Å². The molecule has 0 spiro atoms. The molecule has 29 heavy (non-hydrogen) atoms. The van der Waals surface area contributed by atoms with Crippen LogP contribution in [0.5, 0.6) is 11.5 Å². The van der Waals surface area contributed by atoms with Gasteiger partial charge in [-0.15, -0.1) is 0 Å². The quantitative estimate of drug-likeness (QED) is 0.346. The Bertz CT molecular complexity index is 1050. The lowest BCUT2D eigenvalue weighted by molar-refractivity contribution is -0.151. The summed E-state index contributed by atoms with van der Waals surface area (Å²) in [5.74, 6) is -1.54. The monoisotopic (exact) mass is 390 g/mol. The highest BCUT2D eigenvalue weighted by molar-refractivity contribution is 5.96. The van der Waals surface area contributed by atoms with Crippen molar-refractivity contribution >= 4 is 28.7 Å². The molecule has 0 radical (unpaired) electrons. The minimum atomic E-state index is -0.870. The molecule has 0 saturated heterocycles. The van der Waals surface area contributed by atoms with Gasteiger partial charge in [0, 0.05) is 11.0 Å². The van der Waals surface area contributed by atoms with E-state index in [1.54, 1.807) is 42.5 Å². The SMILES string of the molecule is C=C(CC(=O)Oc1cccc2ccccc12)C(=O)OCC(=O)Oc1ccccc1. The first-order valence-electron chi connectivity index (χ1n) is 8.82. The van der Waals surface area contributed by atoms with Gasteiger partial charge in [0.05, 0.1) is 6.42 Å². The van der Waals surface area contributed by atoms with Crippen molar-refractivity contribution in [3.05, 3.63) is 84.9 Å². The maximum absolute atomic E-state index is 12.2. The van der Waals surface area contributed by atoms with Crippen molar-refractivity contribution in [3.8, 4) is 11.5 Å². The third-order valence-electron chi connectivity index (χ3n) is 3.92. The van der Waals surface area contributed by atoms with E-state index in [9.17, 15) is 14.4 Å². The van der Waals surface area contributed by atoms with Gasteiger partial charge < -0.3 is 14.2 Å². The van der Waals surface area contributed by atoms with Crippen LogP contribution >= 0.6 is 0 Å². The van der Waals surface area contributed by atoms with Gasteiger partial charge in [-0.05, 0) is 23.6 Å². The Morgan fingerprint density at radius 1 is 0.759 bits per heavy atom. The number of benzene rings is 3. The number of rotatable bonds is 7. The topological polar surface area (TPSA) is 78.9 Å². The number of hydrogen-bond acceptors (Lipinski definition) is 6. The molecule has 6 nitrogen and oxygen atoms in total. The van der Waals surface area contributed by atoms with Crippen LogP contribution in [0.2, 0.25) is 0 Å². The second-order valence-electron chi connectivity index (χ2n) is 6.09. The van der Waals surface area contributed by atoms with Gasteiger partial charge in [0.15, 0.2) is 6.61 Å². The Kier molecular flexibility index (Phi) is 6.37. The summed E-state index contributed by atoms with van der Waals surface area (Å²) in [4.78, 5) is 35.8. The van der Waals surface area contributed by atoms with Crippen LogP contribution < -0.4 is 9.47 Å². The predicted molar refractivity (Wildman–Crippen MR) is 106 cm³/mol. The molecule has 0 aromatic heterocycles. The lowest BCUT2D eigenvalue weighted by Gasteiger charge is -2.09. The fraction of sp³-hybridized carbons (Fsp3) is 0.0870.